The van der Waals surface area contributed by atoms with Crippen LogP contribution in [-0.4, -0.2) is 65.2 Å². The number of carbonyl (C=O) groups is 1. The minimum Gasteiger partial charge on any atom is -0.381 e. The highest BCUT2D eigenvalue weighted by molar-refractivity contribution is 5.84. The van der Waals surface area contributed by atoms with E-state index in [9.17, 15) is 4.79 Å². The molecule has 1 spiro atoms. The van der Waals surface area contributed by atoms with Crippen LogP contribution in [0.5, 0.6) is 0 Å². The summed E-state index contributed by atoms with van der Waals surface area (Å²) in [6.07, 6.45) is 9.41. The molecule has 7 rings (SSSR count). The van der Waals surface area contributed by atoms with Crippen LogP contribution in [0.4, 0.5) is 4.79 Å². The van der Waals surface area contributed by atoms with E-state index < -0.39 is 0 Å². The third kappa shape index (κ3) is 3.71. The first-order valence-corrected chi connectivity index (χ1v) is 13.5. The third-order valence-corrected chi connectivity index (χ3v) is 9.05. The van der Waals surface area contributed by atoms with Gasteiger partial charge in [0.15, 0.2) is 0 Å². The number of aryl methyl sites for hydroxylation is 1. The average molecular weight is 486 g/mol. The maximum absolute atomic E-state index is 13.6. The predicted molar refractivity (Wildman–Crippen MR) is 140 cm³/mol. The topological polar surface area (TPSA) is 73.5 Å². The van der Waals surface area contributed by atoms with Crippen LogP contribution in [0.25, 0.3) is 22.2 Å². The van der Waals surface area contributed by atoms with Crippen LogP contribution in [0.3, 0.4) is 0 Å². The first-order chi connectivity index (χ1) is 17.6. The van der Waals surface area contributed by atoms with Crippen LogP contribution in [0, 0.1) is 12.3 Å². The van der Waals surface area contributed by atoms with Gasteiger partial charge in [-0.1, -0.05) is 6.07 Å². The van der Waals surface area contributed by atoms with E-state index in [4.69, 9.17) is 4.74 Å². The van der Waals surface area contributed by atoms with E-state index in [0.29, 0.717) is 12.6 Å². The highest BCUT2D eigenvalue weighted by Gasteiger charge is 2.44. The highest BCUT2D eigenvalue weighted by atomic mass is 16.5. The van der Waals surface area contributed by atoms with E-state index in [1.807, 2.05) is 12.4 Å². The summed E-state index contributed by atoms with van der Waals surface area (Å²) in [6, 6.07) is 7.53. The summed E-state index contributed by atoms with van der Waals surface area (Å²) < 4.78 is 5.68. The number of benzene rings is 1. The largest absolute Gasteiger partial charge is 0.381 e. The number of nitrogens with zero attached hydrogens (tertiary/aromatic N) is 3. The van der Waals surface area contributed by atoms with Gasteiger partial charge in [-0.05, 0) is 85.5 Å². The number of rotatable bonds is 2. The van der Waals surface area contributed by atoms with Crippen LogP contribution in [0.15, 0.2) is 30.6 Å². The van der Waals surface area contributed by atoms with Gasteiger partial charge in [0.05, 0.1) is 6.61 Å². The van der Waals surface area contributed by atoms with E-state index >= 15 is 0 Å². The number of aromatic amines is 1. The lowest BCUT2D eigenvalue weighted by molar-refractivity contribution is 0.138. The Kier molecular flexibility index (Phi) is 5.33. The lowest BCUT2D eigenvalue weighted by Crippen LogP contribution is -2.45. The van der Waals surface area contributed by atoms with Crippen LogP contribution in [-0.2, 0) is 17.7 Å². The molecule has 0 aliphatic carbocycles. The van der Waals surface area contributed by atoms with Gasteiger partial charge in [-0.3, -0.25) is 0 Å². The number of nitrogens with one attached hydrogen (secondary N) is 2. The lowest BCUT2D eigenvalue weighted by Gasteiger charge is -2.35. The number of hydrogen-bond acceptors (Lipinski definition) is 4. The van der Waals surface area contributed by atoms with Crippen molar-refractivity contribution in [3.8, 4) is 11.1 Å². The standard InChI is InChI=1S/C29H35N5O2/c1-19-14-31-27-23(19)13-22(15-32-27)21-11-20-4-8-33(16-25(20)24(12-21)26-3-2-7-30-26)28(35)34-9-5-29(17-34)6-10-36-18-29/h11-15,26,30H,2-10,16-18H2,1H3,(H,31,32)/t26-,29?/m0/s1. The number of fused-ring (bicyclic) bond motifs is 2. The molecule has 6 heterocycles. The zero-order valence-corrected chi connectivity index (χ0v) is 21.1. The summed E-state index contributed by atoms with van der Waals surface area (Å²) in [5, 5.41) is 4.90. The van der Waals surface area contributed by atoms with Crippen molar-refractivity contribution < 1.29 is 9.53 Å². The Balaban J connectivity index is 1.20. The highest BCUT2D eigenvalue weighted by Crippen LogP contribution is 2.40. The fraction of sp³-hybridized carbons (Fsp3) is 0.517. The van der Waals surface area contributed by atoms with E-state index in [1.165, 1.54) is 39.6 Å². The Hall–Kier alpha value is -2.90. The summed E-state index contributed by atoms with van der Waals surface area (Å²) in [5.74, 6) is 0. The average Bonchev–Trinajstić information content (AvgIpc) is 3.73. The molecule has 2 atom stereocenters. The number of pyridine rings is 1. The molecule has 3 fully saturated rings. The van der Waals surface area contributed by atoms with Crippen LogP contribution in [0.2, 0.25) is 0 Å². The molecule has 3 saturated heterocycles. The summed E-state index contributed by atoms with van der Waals surface area (Å²) in [6.45, 7) is 8.01. The van der Waals surface area contributed by atoms with E-state index in [0.717, 1.165) is 76.3 Å². The number of carbonyl (C=O) groups excluding carboxylic acids is 1. The molecular formula is C29H35N5O2. The Morgan fingerprint density at radius 1 is 1.17 bits per heavy atom. The molecule has 3 aromatic rings. The van der Waals surface area contributed by atoms with Crippen molar-refractivity contribution in [2.75, 3.05) is 39.4 Å². The zero-order valence-electron chi connectivity index (χ0n) is 21.1. The minimum atomic E-state index is 0.199. The van der Waals surface area contributed by atoms with Gasteiger partial charge in [-0.2, -0.15) is 0 Å². The molecule has 0 bridgehead atoms. The fourth-order valence-electron chi connectivity index (χ4n) is 6.85. The number of H-pyrrole nitrogens is 1. The van der Waals surface area contributed by atoms with Crippen molar-refractivity contribution in [2.24, 2.45) is 5.41 Å². The number of hydrogen-bond donors (Lipinski definition) is 2. The monoisotopic (exact) mass is 485 g/mol. The van der Waals surface area contributed by atoms with E-state index in [-0.39, 0.29) is 11.4 Å². The Bertz CT molecular complexity index is 1320. The first-order valence-electron chi connectivity index (χ1n) is 13.5. The molecule has 7 nitrogen and oxygen atoms in total. The number of urea groups is 1. The number of ether oxygens (including phenoxy) is 1. The van der Waals surface area contributed by atoms with Crippen molar-refractivity contribution >= 4 is 17.1 Å². The second-order valence-electron chi connectivity index (χ2n) is 11.4. The molecule has 2 N–H and O–H groups in total. The summed E-state index contributed by atoms with van der Waals surface area (Å²) in [4.78, 5) is 25.7. The van der Waals surface area contributed by atoms with Crippen molar-refractivity contribution in [1.82, 2.24) is 25.1 Å². The minimum absolute atomic E-state index is 0.199. The van der Waals surface area contributed by atoms with Crippen LogP contribution < -0.4 is 5.32 Å². The molecular weight excluding hydrogens is 450 g/mol. The molecule has 2 aromatic heterocycles. The molecule has 4 aliphatic rings. The summed E-state index contributed by atoms with van der Waals surface area (Å²) in [7, 11) is 0. The molecule has 1 aromatic carbocycles. The Labute approximate surface area is 212 Å². The van der Waals surface area contributed by atoms with Gasteiger partial charge in [0.25, 0.3) is 0 Å². The molecule has 1 unspecified atom stereocenters. The lowest BCUT2D eigenvalue weighted by atomic mass is 9.87. The summed E-state index contributed by atoms with van der Waals surface area (Å²) in [5.41, 5.74) is 8.85. The van der Waals surface area contributed by atoms with Gasteiger partial charge in [0.2, 0.25) is 0 Å². The third-order valence-electron chi connectivity index (χ3n) is 9.05. The maximum Gasteiger partial charge on any atom is 0.320 e. The quantitative estimate of drug-likeness (QED) is 0.558. The number of aromatic nitrogens is 2. The van der Waals surface area contributed by atoms with Crippen molar-refractivity contribution in [3.63, 3.8) is 0 Å². The number of amides is 2. The fourth-order valence-corrected chi connectivity index (χ4v) is 6.85. The maximum atomic E-state index is 13.6. The second kappa shape index (κ2) is 8.60. The van der Waals surface area contributed by atoms with Crippen molar-refractivity contribution in [2.45, 2.75) is 51.6 Å². The SMILES string of the molecule is Cc1c[nH]c2ncc(-c3cc4c(c([C@@H]5CCCN5)c3)CN(C(=O)N3CCC5(CCOC5)C3)CC4)cc12. The molecule has 36 heavy (non-hydrogen) atoms. The Morgan fingerprint density at radius 3 is 2.94 bits per heavy atom. The molecule has 2 amide bonds. The van der Waals surface area contributed by atoms with Gasteiger partial charge in [-0.15, -0.1) is 0 Å². The van der Waals surface area contributed by atoms with E-state index in [2.05, 4.69) is 50.2 Å². The first kappa shape index (κ1) is 22.3. The Morgan fingerprint density at radius 2 is 2.11 bits per heavy atom. The van der Waals surface area contributed by atoms with Gasteiger partial charge < -0.3 is 24.8 Å². The smallest absolute Gasteiger partial charge is 0.320 e. The second-order valence-corrected chi connectivity index (χ2v) is 11.4. The molecule has 188 valence electrons. The van der Waals surface area contributed by atoms with Crippen molar-refractivity contribution in [1.29, 1.82) is 0 Å². The predicted octanol–water partition coefficient (Wildman–Crippen LogP) is 4.55. The number of likely N-dealkylation sites (tertiary alicyclic amines) is 1. The van der Waals surface area contributed by atoms with Crippen LogP contribution >= 0.6 is 0 Å². The van der Waals surface area contributed by atoms with Gasteiger partial charge in [-0.25, -0.2) is 9.78 Å². The van der Waals surface area contributed by atoms with Crippen molar-refractivity contribution in [3.05, 3.63) is 52.8 Å². The van der Waals surface area contributed by atoms with Gasteiger partial charge in [0, 0.05) is 67.6 Å². The van der Waals surface area contributed by atoms with Crippen LogP contribution in [0.1, 0.15) is 54.0 Å². The molecule has 0 saturated carbocycles. The molecule has 7 heteroatoms. The van der Waals surface area contributed by atoms with Gasteiger partial charge in [0.1, 0.15) is 5.65 Å². The molecule has 4 aliphatic heterocycles. The van der Waals surface area contributed by atoms with Gasteiger partial charge >= 0.3 is 6.03 Å². The normalized spacial score (nSPS) is 25.9. The van der Waals surface area contributed by atoms with E-state index in [1.54, 1.807) is 0 Å². The zero-order chi connectivity index (χ0) is 24.3. The molecule has 0 radical (unpaired) electrons. The summed E-state index contributed by atoms with van der Waals surface area (Å²) >= 11 is 0.